The maximum atomic E-state index is 13.0. The van der Waals surface area contributed by atoms with Crippen LogP contribution < -0.4 is 4.74 Å². The van der Waals surface area contributed by atoms with Crippen LogP contribution in [0.1, 0.15) is 11.1 Å². The number of aromatic nitrogens is 1. The molecular weight excluding hydrogens is 335 g/mol. The summed E-state index contributed by atoms with van der Waals surface area (Å²) in [5, 5.41) is 10.3. The van der Waals surface area contributed by atoms with Crippen LogP contribution in [0.3, 0.4) is 0 Å². The molecule has 3 aromatic rings. The summed E-state index contributed by atoms with van der Waals surface area (Å²) in [6.45, 7) is 1.92. The molecule has 0 aliphatic carbocycles. The molecule has 0 amide bonds. The Morgan fingerprint density at radius 3 is 2.65 bits per heavy atom. The van der Waals surface area contributed by atoms with E-state index < -0.39 is 0 Å². The van der Waals surface area contributed by atoms with Crippen molar-refractivity contribution < 1.29 is 9.13 Å². The minimum Gasteiger partial charge on any atom is -0.442 e. The van der Waals surface area contributed by atoms with E-state index >= 15 is 0 Å². The number of nitriles is 1. The summed E-state index contributed by atoms with van der Waals surface area (Å²) in [5.41, 5.74) is 2.42. The van der Waals surface area contributed by atoms with Crippen molar-refractivity contribution in [2.24, 2.45) is 0 Å². The van der Waals surface area contributed by atoms with Gasteiger partial charge in [0.1, 0.15) is 28.9 Å². The maximum absolute atomic E-state index is 13.0. The lowest BCUT2D eigenvalue weighted by Gasteiger charge is -2.06. The van der Waals surface area contributed by atoms with Gasteiger partial charge in [0.15, 0.2) is 0 Å². The van der Waals surface area contributed by atoms with E-state index in [1.165, 1.54) is 12.1 Å². The third kappa shape index (κ3) is 3.19. The number of nitrogens with zero attached hydrogens (tertiary/aromatic N) is 2. The predicted molar refractivity (Wildman–Crippen MR) is 88.5 cm³/mol. The molecule has 0 saturated carbocycles. The zero-order chi connectivity index (χ0) is 16.4. The van der Waals surface area contributed by atoms with Crippen LogP contribution in [0.5, 0.6) is 10.8 Å². The van der Waals surface area contributed by atoms with Crippen molar-refractivity contribution in [2.75, 3.05) is 0 Å². The maximum Gasteiger partial charge on any atom is 0.218 e. The molecule has 0 atom stereocenters. The van der Waals surface area contributed by atoms with Gasteiger partial charge in [-0.2, -0.15) is 9.64 Å². The summed E-state index contributed by atoms with van der Waals surface area (Å²) in [6.07, 6.45) is 0. The number of benzene rings is 2. The molecule has 0 saturated heterocycles. The number of rotatable bonds is 3. The summed E-state index contributed by atoms with van der Waals surface area (Å²) in [5.74, 6) is 0.128. The Morgan fingerprint density at radius 2 is 1.96 bits per heavy atom. The largest absolute Gasteiger partial charge is 0.442 e. The lowest BCUT2D eigenvalue weighted by molar-refractivity contribution is 0.495. The Balaban J connectivity index is 2.00. The minimum absolute atomic E-state index is 0.305. The Labute approximate surface area is 141 Å². The molecule has 114 valence electrons. The number of ether oxygens (including phenoxy) is 1. The number of hydrogen-bond acceptors (Lipinski definition) is 4. The normalized spacial score (nSPS) is 10.3. The summed E-state index contributed by atoms with van der Waals surface area (Å²) >= 11 is 7.18. The van der Waals surface area contributed by atoms with Gasteiger partial charge in [-0.1, -0.05) is 17.7 Å². The van der Waals surface area contributed by atoms with Crippen LogP contribution in [0.25, 0.3) is 11.3 Å². The van der Waals surface area contributed by atoms with E-state index in [9.17, 15) is 9.65 Å². The molecule has 3 nitrogen and oxygen atoms in total. The van der Waals surface area contributed by atoms with Gasteiger partial charge in [-0.3, -0.25) is 0 Å². The van der Waals surface area contributed by atoms with Gasteiger partial charge in [0, 0.05) is 17.1 Å². The van der Waals surface area contributed by atoms with Crippen molar-refractivity contribution in [3.8, 4) is 28.1 Å². The molecule has 3 rings (SSSR count). The molecule has 0 aliphatic rings. The average molecular weight is 345 g/mol. The van der Waals surface area contributed by atoms with Crippen LogP contribution >= 0.6 is 23.1 Å². The molecular formula is C17H10ClFN2OS. The van der Waals surface area contributed by atoms with Crippen molar-refractivity contribution in [3.63, 3.8) is 0 Å². The highest BCUT2D eigenvalue weighted by atomic mass is 35.5. The van der Waals surface area contributed by atoms with E-state index in [1.807, 2.05) is 13.0 Å². The van der Waals surface area contributed by atoms with Gasteiger partial charge < -0.3 is 4.74 Å². The standard InChI is InChI=1S/C17H10ClFN2OS/c1-10-2-7-14(18)15(8-10)22-17-13(9-20)16(21-23-17)11-3-5-12(19)6-4-11/h2-8H,1H3. The van der Waals surface area contributed by atoms with Crippen LogP contribution in [0.2, 0.25) is 5.02 Å². The highest BCUT2D eigenvalue weighted by Gasteiger charge is 2.18. The van der Waals surface area contributed by atoms with E-state index in [0.29, 0.717) is 32.7 Å². The van der Waals surface area contributed by atoms with Crippen LogP contribution in [0, 0.1) is 24.1 Å². The molecule has 1 heterocycles. The quantitative estimate of drug-likeness (QED) is 0.623. The van der Waals surface area contributed by atoms with Gasteiger partial charge in [-0.15, -0.1) is 0 Å². The molecule has 0 radical (unpaired) electrons. The monoisotopic (exact) mass is 344 g/mol. The topological polar surface area (TPSA) is 45.9 Å². The highest BCUT2D eigenvalue weighted by Crippen LogP contribution is 2.38. The Kier molecular flexibility index (Phi) is 4.28. The predicted octanol–water partition coefficient (Wildman–Crippen LogP) is 5.58. The Morgan fingerprint density at radius 1 is 1.22 bits per heavy atom. The van der Waals surface area contributed by atoms with Crippen LogP contribution in [-0.4, -0.2) is 4.37 Å². The molecule has 2 aromatic carbocycles. The molecule has 0 fully saturated rings. The lowest BCUT2D eigenvalue weighted by Crippen LogP contribution is -1.88. The van der Waals surface area contributed by atoms with E-state index in [2.05, 4.69) is 10.4 Å². The van der Waals surface area contributed by atoms with Gasteiger partial charge in [0.25, 0.3) is 0 Å². The van der Waals surface area contributed by atoms with Gasteiger partial charge in [-0.25, -0.2) is 4.39 Å². The number of aryl methyl sites for hydroxylation is 1. The smallest absolute Gasteiger partial charge is 0.218 e. The van der Waals surface area contributed by atoms with Crippen molar-refractivity contribution >= 4 is 23.1 Å². The zero-order valence-electron chi connectivity index (χ0n) is 12.0. The molecule has 0 N–H and O–H groups in total. The van der Waals surface area contributed by atoms with E-state index in [-0.39, 0.29) is 5.82 Å². The van der Waals surface area contributed by atoms with E-state index in [4.69, 9.17) is 16.3 Å². The van der Waals surface area contributed by atoms with Crippen LogP contribution in [0.4, 0.5) is 4.39 Å². The highest BCUT2D eigenvalue weighted by molar-refractivity contribution is 7.08. The van der Waals surface area contributed by atoms with Gasteiger partial charge in [-0.05, 0) is 48.9 Å². The number of halogens is 2. The fourth-order valence-electron chi connectivity index (χ4n) is 2.04. The molecule has 0 aliphatic heterocycles. The Bertz CT molecular complexity index is 900. The first-order valence-electron chi connectivity index (χ1n) is 6.68. The second-order valence-electron chi connectivity index (χ2n) is 4.85. The molecule has 0 bridgehead atoms. The lowest BCUT2D eigenvalue weighted by atomic mass is 10.1. The second-order valence-corrected chi connectivity index (χ2v) is 5.99. The minimum atomic E-state index is -0.342. The van der Waals surface area contributed by atoms with E-state index in [0.717, 1.165) is 17.1 Å². The fraction of sp³-hybridized carbons (Fsp3) is 0.0588. The first-order valence-corrected chi connectivity index (χ1v) is 7.83. The van der Waals surface area contributed by atoms with Crippen LogP contribution in [0.15, 0.2) is 42.5 Å². The molecule has 6 heteroatoms. The van der Waals surface area contributed by atoms with Gasteiger partial charge in [0.2, 0.25) is 5.06 Å². The van der Waals surface area contributed by atoms with Gasteiger partial charge in [0.05, 0.1) is 5.02 Å². The molecule has 23 heavy (non-hydrogen) atoms. The molecule has 0 unspecified atom stereocenters. The summed E-state index contributed by atoms with van der Waals surface area (Å²) in [6, 6.07) is 13.3. The first-order chi connectivity index (χ1) is 11.1. The third-order valence-electron chi connectivity index (χ3n) is 3.18. The summed E-state index contributed by atoms with van der Waals surface area (Å²) in [7, 11) is 0. The van der Waals surface area contributed by atoms with Crippen molar-refractivity contribution in [1.82, 2.24) is 4.37 Å². The van der Waals surface area contributed by atoms with Crippen molar-refractivity contribution in [3.05, 3.63) is 64.4 Å². The number of hydrogen-bond donors (Lipinski definition) is 0. The molecule has 1 aromatic heterocycles. The fourth-order valence-corrected chi connectivity index (χ4v) is 2.92. The SMILES string of the molecule is Cc1ccc(Cl)c(Oc2snc(-c3ccc(F)cc3)c2C#N)c1. The Hall–Kier alpha value is -2.42. The van der Waals surface area contributed by atoms with Crippen LogP contribution in [-0.2, 0) is 0 Å². The second kappa shape index (κ2) is 6.37. The summed E-state index contributed by atoms with van der Waals surface area (Å²) in [4.78, 5) is 0. The average Bonchev–Trinajstić information content (AvgIpc) is 2.94. The van der Waals surface area contributed by atoms with Crippen molar-refractivity contribution in [2.45, 2.75) is 6.92 Å². The third-order valence-corrected chi connectivity index (χ3v) is 4.22. The molecule has 0 spiro atoms. The first kappa shape index (κ1) is 15.5. The van der Waals surface area contributed by atoms with Gasteiger partial charge >= 0.3 is 0 Å². The van der Waals surface area contributed by atoms with E-state index in [1.54, 1.807) is 24.3 Å². The zero-order valence-corrected chi connectivity index (χ0v) is 13.6. The summed E-state index contributed by atoms with van der Waals surface area (Å²) < 4.78 is 23.1. The van der Waals surface area contributed by atoms with Crippen molar-refractivity contribution in [1.29, 1.82) is 5.26 Å².